The quantitative estimate of drug-likeness (QED) is 0.783. The topological polar surface area (TPSA) is 56.5 Å². The van der Waals surface area contributed by atoms with Crippen LogP contribution in [-0.4, -0.2) is 42.4 Å². The molecule has 1 aliphatic rings. The van der Waals surface area contributed by atoms with Gasteiger partial charge in [-0.15, -0.1) is 0 Å². The normalized spacial score (nSPS) is 19.1. The smallest absolute Gasteiger partial charge is 0.119 e. The largest absolute Gasteiger partial charge is 0.494 e. The van der Waals surface area contributed by atoms with Crippen LogP contribution in [0, 0.1) is 11.3 Å². The number of nitriles is 1. The van der Waals surface area contributed by atoms with Crippen LogP contribution in [-0.2, 0) is 0 Å². The summed E-state index contributed by atoms with van der Waals surface area (Å²) in [6.07, 6.45) is 5.62. The van der Waals surface area contributed by atoms with E-state index >= 15 is 0 Å². The summed E-state index contributed by atoms with van der Waals surface area (Å²) in [6, 6.07) is 9.87. The fourth-order valence-electron chi connectivity index (χ4n) is 2.91. The van der Waals surface area contributed by atoms with Gasteiger partial charge in [-0.25, -0.2) is 0 Å². The van der Waals surface area contributed by atoms with E-state index in [4.69, 9.17) is 15.1 Å². The van der Waals surface area contributed by atoms with Crippen molar-refractivity contribution in [2.45, 2.75) is 38.1 Å². The van der Waals surface area contributed by atoms with Crippen LogP contribution in [0.2, 0.25) is 0 Å². The Morgan fingerprint density at radius 2 is 2.10 bits per heavy atom. The molecular formula is C17H24N2O2. The average molecular weight is 288 g/mol. The number of likely N-dealkylation sites (tertiary alicyclic amines) is 1. The van der Waals surface area contributed by atoms with Crippen LogP contribution < -0.4 is 4.74 Å². The molecule has 1 saturated heterocycles. The number of rotatable bonds is 7. The van der Waals surface area contributed by atoms with Crippen molar-refractivity contribution in [2.75, 3.05) is 26.3 Å². The number of ether oxygens (including phenoxy) is 1. The summed E-state index contributed by atoms with van der Waals surface area (Å²) in [4.78, 5) is 2.49. The van der Waals surface area contributed by atoms with Crippen LogP contribution in [0.25, 0.3) is 0 Å². The van der Waals surface area contributed by atoms with E-state index in [0.717, 1.165) is 31.7 Å². The van der Waals surface area contributed by atoms with E-state index in [1.54, 1.807) is 12.1 Å². The first-order valence-corrected chi connectivity index (χ1v) is 7.81. The predicted octanol–water partition coefficient (Wildman–Crippen LogP) is 2.56. The number of hydrogen-bond acceptors (Lipinski definition) is 4. The van der Waals surface area contributed by atoms with Crippen LogP contribution in [0.15, 0.2) is 24.3 Å². The molecule has 0 aromatic heterocycles. The second-order valence-electron chi connectivity index (χ2n) is 5.54. The molecule has 1 aromatic rings. The third kappa shape index (κ3) is 5.04. The molecule has 1 aliphatic heterocycles. The van der Waals surface area contributed by atoms with Crippen LogP contribution in [0.4, 0.5) is 0 Å². The molecule has 1 N–H and O–H groups in total. The Morgan fingerprint density at radius 1 is 1.29 bits per heavy atom. The highest BCUT2D eigenvalue weighted by Gasteiger charge is 2.21. The molecule has 0 amide bonds. The first-order valence-electron chi connectivity index (χ1n) is 7.81. The first-order chi connectivity index (χ1) is 10.3. The van der Waals surface area contributed by atoms with Crippen LogP contribution in [0.1, 0.15) is 37.7 Å². The highest BCUT2D eigenvalue weighted by atomic mass is 16.5. The number of aliphatic hydroxyl groups excluding tert-OH is 1. The Bertz CT molecular complexity index is 451. The third-order valence-corrected chi connectivity index (χ3v) is 4.05. The molecule has 1 fully saturated rings. The van der Waals surface area contributed by atoms with Crippen molar-refractivity contribution in [3.05, 3.63) is 29.8 Å². The summed E-state index contributed by atoms with van der Waals surface area (Å²) >= 11 is 0. The van der Waals surface area contributed by atoms with E-state index in [0.29, 0.717) is 18.2 Å². The van der Waals surface area contributed by atoms with Gasteiger partial charge in [-0.2, -0.15) is 5.26 Å². The standard InChI is InChI=1S/C17H24N2O2/c18-14-15-5-7-17(8-6-15)21-13-3-11-19-10-2-1-4-16(19)9-12-20/h5-8,16,20H,1-4,9-13H2. The monoisotopic (exact) mass is 288 g/mol. The Balaban J connectivity index is 1.69. The molecule has 0 bridgehead atoms. The lowest BCUT2D eigenvalue weighted by atomic mass is 9.99. The van der Waals surface area contributed by atoms with Gasteiger partial charge in [0, 0.05) is 19.2 Å². The summed E-state index contributed by atoms with van der Waals surface area (Å²) in [6.45, 7) is 3.14. The van der Waals surface area contributed by atoms with Gasteiger partial charge in [0.15, 0.2) is 0 Å². The van der Waals surface area contributed by atoms with E-state index in [9.17, 15) is 0 Å². The van der Waals surface area contributed by atoms with Crippen molar-refractivity contribution >= 4 is 0 Å². The molecule has 1 heterocycles. The first kappa shape index (κ1) is 15.8. The Labute approximate surface area is 127 Å². The second-order valence-corrected chi connectivity index (χ2v) is 5.54. The summed E-state index contributed by atoms with van der Waals surface area (Å²) < 4.78 is 5.71. The zero-order chi connectivity index (χ0) is 14.9. The number of nitrogens with zero attached hydrogens (tertiary/aromatic N) is 2. The molecule has 1 aromatic carbocycles. The lowest BCUT2D eigenvalue weighted by Crippen LogP contribution is -2.40. The van der Waals surface area contributed by atoms with Gasteiger partial charge < -0.3 is 14.7 Å². The summed E-state index contributed by atoms with van der Waals surface area (Å²) in [5.41, 5.74) is 0.655. The number of piperidine rings is 1. The summed E-state index contributed by atoms with van der Waals surface area (Å²) in [5, 5.41) is 17.9. The lowest BCUT2D eigenvalue weighted by molar-refractivity contribution is 0.112. The van der Waals surface area contributed by atoms with Crippen molar-refractivity contribution in [3.8, 4) is 11.8 Å². The molecule has 0 aliphatic carbocycles. The highest BCUT2D eigenvalue weighted by Crippen LogP contribution is 2.19. The van der Waals surface area contributed by atoms with Crippen molar-refractivity contribution in [2.24, 2.45) is 0 Å². The van der Waals surface area contributed by atoms with Crippen molar-refractivity contribution in [1.29, 1.82) is 5.26 Å². The molecule has 4 nitrogen and oxygen atoms in total. The van der Waals surface area contributed by atoms with E-state index < -0.39 is 0 Å². The molecule has 0 radical (unpaired) electrons. The second kappa shape index (κ2) is 8.66. The zero-order valence-corrected chi connectivity index (χ0v) is 12.5. The minimum atomic E-state index is 0.281. The maximum Gasteiger partial charge on any atom is 0.119 e. The van der Waals surface area contributed by atoms with Gasteiger partial charge in [0.1, 0.15) is 5.75 Å². The molecule has 1 atom stereocenters. The Morgan fingerprint density at radius 3 is 2.81 bits per heavy atom. The molecule has 21 heavy (non-hydrogen) atoms. The van der Waals surface area contributed by atoms with Crippen LogP contribution in [0.3, 0.4) is 0 Å². The molecule has 114 valence electrons. The lowest BCUT2D eigenvalue weighted by Gasteiger charge is -2.35. The molecule has 2 rings (SSSR count). The summed E-state index contributed by atoms with van der Waals surface area (Å²) in [5.74, 6) is 0.819. The van der Waals surface area contributed by atoms with E-state index in [1.807, 2.05) is 12.1 Å². The molecule has 0 spiro atoms. The van der Waals surface area contributed by atoms with E-state index in [2.05, 4.69) is 11.0 Å². The van der Waals surface area contributed by atoms with Crippen molar-refractivity contribution in [3.63, 3.8) is 0 Å². The minimum Gasteiger partial charge on any atom is -0.494 e. The van der Waals surface area contributed by atoms with Gasteiger partial charge in [0.25, 0.3) is 0 Å². The SMILES string of the molecule is N#Cc1ccc(OCCCN2CCCCC2CCO)cc1. The van der Waals surface area contributed by atoms with Crippen molar-refractivity contribution in [1.82, 2.24) is 4.90 Å². The van der Waals surface area contributed by atoms with Gasteiger partial charge in [-0.05, 0) is 56.5 Å². The third-order valence-electron chi connectivity index (χ3n) is 4.05. The van der Waals surface area contributed by atoms with E-state index in [1.165, 1.54) is 19.3 Å². The number of aliphatic hydroxyl groups is 1. The maximum atomic E-state index is 9.13. The van der Waals surface area contributed by atoms with Gasteiger partial charge >= 0.3 is 0 Å². The Kier molecular flexibility index (Phi) is 6.52. The fourth-order valence-corrected chi connectivity index (χ4v) is 2.91. The molecule has 4 heteroatoms. The van der Waals surface area contributed by atoms with Gasteiger partial charge in [-0.3, -0.25) is 0 Å². The molecule has 0 saturated carbocycles. The van der Waals surface area contributed by atoms with Crippen LogP contribution >= 0.6 is 0 Å². The Hall–Kier alpha value is -1.57. The summed E-state index contributed by atoms with van der Waals surface area (Å²) in [7, 11) is 0. The maximum absolute atomic E-state index is 9.13. The fraction of sp³-hybridized carbons (Fsp3) is 0.588. The van der Waals surface area contributed by atoms with Gasteiger partial charge in [0.05, 0.1) is 18.2 Å². The molecule has 1 unspecified atom stereocenters. The number of hydrogen-bond donors (Lipinski definition) is 1. The highest BCUT2D eigenvalue weighted by molar-refractivity contribution is 5.34. The average Bonchev–Trinajstić information content (AvgIpc) is 2.54. The zero-order valence-electron chi connectivity index (χ0n) is 12.5. The van der Waals surface area contributed by atoms with Crippen LogP contribution in [0.5, 0.6) is 5.75 Å². The number of benzene rings is 1. The van der Waals surface area contributed by atoms with E-state index in [-0.39, 0.29) is 6.61 Å². The molecular weight excluding hydrogens is 264 g/mol. The predicted molar refractivity (Wildman–Crippen MR) is 82.2 cm³/mol. The van der Waals surface area contributed by atoms with Gasteiger partial charge in [0.2, 0.25) is 0 Å². The minimum absolute atomic E-state index is 0.281. The van der Waals surface area contributed by atoms with Crippen molar-refractivity contribution < 1.29 is 9.84 Å². The van der Waals surface area contributed by atoms with Gasteiger partial charge in [-0.1, -0.05) is 6.42 Å².